The van der Waals surface area contributed by atoms with E-state index in [0.29, 0.717) is 21.8 Å². The van der Waals surface area contributed by atoms with Gasteiger partial charge in [0.15, 0.2) is 11.5 Å². The van der Waals surface area contributed by atoms with Gasteiger partial charge < -0.3 is 19.9 Å². The van der Waals surface area contributed by atoms with E-state index in [9.17, 15) is 23.1 Å². The third kappa shape index (κ3) is 5.06. The minimum atomic E-state index is -4.44. The number of aromatic hydroxyl groups is 1. The highest BCUT2D eigenvalue weighted by Gasteiger charge is 2.40. The highest BCUT2D eigenvalue weighted by Crippen LogP contribution is 2.40. The first-order valence-electron chi connectivity index (χ1n) is 12.1. The zero-order valence-electron chi connectivity index (χ0n) is 20.5. The fraction of sp³-hybridized carbons (Fsp3) is 0.462. The molecular weight excluding hydrogens is 507 g/mol. The Morgan fingerprint density at radius 2 is 1.81 bits per heavy atom. The lowest BCUT2D eigenvalue weighted by atomic mass is 9.81. The Kier molecular flexibility index (Phi) is 6.93. The number of carbonyl (C=O) groups excluding carboxylic acids is 1. The van der Waals surface area contributed by atoms with Gasteiger partial charge >= 0.3 is 6.18 Å². The molecule has 7 nitrogen and oxygen atoms in total. The minimum absolute atomic E-state index is 0.0158. The maximum Gasteiger partial charge on any atom is 0.418 e. The van der Waals surface area contributed by atoms with Crippen molar-refractivity contribution in [1.82, 2.24) is 15.2 Å². The van der Waals surface area contributed by atoms with Gasteiger partial charge in [-0.25, -0.2) is 4.98 Å². The fourth-order valence-electron chi connectivity index (χ4n) is 5.59. The van der Waals surface area contributed by atoms with Gasteiger partial charge in [-0.3, -0.25) is 9.69 Å². The SMILES string of the molecule is COc1cc(C(=O)NC2CC3CCCC(C2)N3Cc2nc3c(C(F)(F)F)cccc3s2)cc(OC)c1O. The highest BCUT2D eigenvalue weighted by atomic mass is 32.1. The van der Waals surface area contributed by atoms with Gasteiger partial charge in [0.1, 0.15) is 5.01 Å². The van der Waals surface area contributed by atoms with Crippen molar-refractivity contribution in [1.29, 1.82) is 0 Å². The number of phenolic OH excluding ortho intramolecular Hbond substituents is 1. The van der Waals surface area contributed by atoms with Crippen molar-refractivity contribution >= 4 is 27.5 Å². The van der Waals surface area contributed by atoms with Crippen LogP contribution in [0.5, 0.6) is 17.2 Å². The van der Waals surface area contributed by atoms with Crippen LogP contribution in [0.3, 0.4) is 0 Å². The molecule has 2 unspecified atom stereocenters. The number of piperidine rings is 2. The summed E-state index contributed by atoms with van der Waals surface area (Å²) >= 11 is 1.31. The number of benzene rings is 2. The number of amides is 1. The van der Waals surface area contributed by atoms with E-state index in [0.717, 1.165) is 38.2 Å². The van der Waals surface area contributed by atoms with E-state index >= 15 is 0 Å². The monoisotopic (exact) mass is 535 g/mol. The molecule has 3 heterocycles. The Balaban J connectivity index is 1.30. The van der Waals surface area contributed by atoms with Crippen LogP contribution >= 0.6 is 11.3 Å². The third-order valence-electron chi connectivity index (χ3n) is 7.29. The summed E-state index contributed by atoms with van der Waals surface area (Å²) in [4.78, 5) is 19.8. The van der Waals surface area contributed by atoms with Gasteiger partial charge in [-0.15, -0.1) is 11.3 Å². The Morgan fingerprint density at radius 1 is 1.16 bits per heavy atom. The molecule has 11 heteroatoms. The summed E-state index contributed by atoms with van der Waals surface area (Å²) < 4.78 is 51.2. The van der Waals surface area contributed by atoms with Crippen LogP contribution in [0.2, 0.25) is 0 Å². The summed E-state index contributed by atoms with van der Waals surface area (Å²) in [7, 11) is 2.81. The average molecular weight is 536 g/mol. The molecule has 0 spiro atoms. The molecule has 5 rings (SSSR count). The van der Waals surface area contributed by atoms with Crippen molar-refractivity contribution in [3.63, 3.8) is 0 Å². The van der Waals surface area contributed by atoms with E-state index in [-0.39, 0.29) is 46.8 Å². The van der Waals surface area contributed by atoms with Crippen LogP contribution in [-0.2, 0) is 12.7 Å². The first-order valence-corrected chi connectivity index (χ1v) is 13.0. The molecule has 2 bridgehead atoms. The molecule has 2 aromatic carbocycles. The number of aromatic nitrogens is 1. The van der Waals surface area contributed by atoms with E-state index < -0.39 is 11.7 Å². The lowest BCUT2D eigenvalue weighted by molar-refractivity contribution is -0.136. The van der Waals surface area contributed by atoms with Gasteiger partial charge in [0, 0.05) is 23.7 Å². The molecule has 0 saturated carbocycles. The molecule has 2 saturated heterocycles. The summed E-state index contributed by atoms with van der Waals surface area (Å²) in [6, 6.07) is 7.51. The zero-order chi connectivity index (χ0) is 26.3. The second-order valence-corrected chi connectivity index (χ2v) is 10.7. The lowest BCUT2D eigenvalue weighted by Crippen LogP contribution is -2.56. The number of nitrogens with zero attached hydrogens (tertiary/aromatic N) is 2. The topological polar surface area (TPSA) is 83.9 Å². The van der Waals surface area contributed by atoms with Gasteiger partial charge in [0.2, 0.25) is 5.75 Å². The third-order valence-corrected chi connectivity index (χ3v) is 8.29. The van der Waals surface area contributed by atoms with E-state index in [1.165, 1.54) is 43.8 Å². The Hall–Kier alpha value is -3.05. The molecule has 2 aliphatic heterocycles. The maximum absolute atomic E-state index is 13.4. The van der Waals surface area contributed by atoms with Crippen LogP contribution in [0.1, 0.15) is 53.0 Å². The number of hydrogen-bond donors (Lipinski definition) is 2. The lowest BCUT2D eigenvalue weighted by Gasteiger charge is -2.48. The second kappa shape index (κ2) is 10.0. The van der Waals surface area contributed by atoms with Gasteiger partial charge in [-0.05, 0) is 49.9 Å². The first-order chi connectivity index (χ1) is 17.7. The zero-order valence-corrected chi connectivity index (χ0v) is 21.3. The van der Waals surface area contributed by atoms with Crippen LogP contribution < -0.4 is 14.8 Å². The molecule has 3 aromatic rings. The number of carbonyl (C=O) groups is 1. The molecule has 1 aromatic heterocycles. The van der Waals surface area contributed by atoms with Crippen molar-refractivity contribution in [2.45, 2.75) is 63.0 Å². The highest BCUT2D eigenvalue weighted by molar-refractivity contribution is 7.18. The number of fused-ring (bicyclic) bond motifs is 3. The quantitative estimate of drug-likeness (QED) is 0.443. The van der Waals surface area contributed by atoms with E-state index in [1.54, 1.807) is 6.07 Å². The summed E-state index contributed by atoms with van der Waals surface area (Å²) in [6.45, 7) is 0.499. The molecule has 37 heavy (non-hydrogen) atoms. The molecule has 2 aliphatic rings. The van der Waals surface area contributed by atoms with Gasteiger partial charge in [-0.2, -0.15) is 13.2 Å². The van der Waals surface area contributed by atoms with Crippen molar-refractivity contribution in [3.8, 4) is 17.2 Å². The molecule has 0 radical (unpaired) electrons. The minimum Gasteiger partial charge on any atom is -0.502 e. The van der Waals surface area contributed by atoms with Crippen LogP contribution in [0, 0.1) is 0 Å². The molecule has 2 fully saturated rings. The van der Waals surface area contributed by atoms with Crippen molar-refractivity contribution < 1.29 is 32.5 Å². The number of ether oxygens (including phenoxy) is 2. The second-order valence-electron chi connectivity index (χ2n) is 9.54. The standard InChI is InChI=1S/C26H28F3N3O4S/c1-35-19-9-14(10-20(36-2)24(19)33)25(34)30-15-11-16-5-3-6-17(12-15)32(16)13-22-31-23-18(26(27,28)29)7-4-8-21(23)37-22/h4,7-10,15-17,33H,3,5-6,11-13H2,1-2H3,(H,30,34). The molecule has 2 atom stereocenters. The van der Waals surface area contributed by atoms with Crippen molar-refractivity contribution in [3.05, 3.63) is 46.5 Å². The molecule has 2 N–H and O–H groups in total. The number of para-hydroxylation sites is 1. The van der Waals surface area contributed by atoms with E-state index in [1.807, 2.05) is 0 Å². The number of hydrogen-bond acceptors (Lipinski definition) is 7. The normalized spacial score (nSPS) is 22.1. The number of halogens is 3. The van der Waals surface area contributed by atoms with Crippen LogP contribution in [-0.4, -0.2) is 53.2 Å². The smallest absolute Gasteiger partial charge is 0.418 e. The van der Waals surface area contributed by atoms with Gasteiger partial charge in [0.05, 0.1) is 36.5 Å². The predicted molar refractivity (Wildman–Crippen MR) is 133 cm³/mol. The Morgan fingerprint density at radius 3 is 2.41 bits per heavy atom. The Labute approximate surface area is 216 Å². The largest absolute Gasteiger partial charge is 0.502 e. The number of alkyl halides is 3. The predicted octanol–water partition coefficient (Wildman–Crippen LogP) is 5.35. The van der Waals surface area contributed by atoms with Crippen LogP contribution in [0.4, 0.5) is 13.2 Å². The number of nitrogens with one attached hydrogen (secondary N) is 1. The number of thiazole rings is 1. The van der Waals surface area contributed by atoms with Crippen molar-refractivity contribution in [2.75, 3.05) is 14.2 Å². The molecule has 0 aliphatic carbocycles. The molecule has 198 valence electrons. The van der Waals surface area contributed by atoms with E-state index in [4.69, 9.17) is 9.47 Å². The Bertz CT molecular complexity index is 1270. The summed E-state index contributed by atoms with van der Waals surface area (Å²) in [5.74, 6) is -0.137. The number of methoxy groups -OCH3 is 2. The number of rotatable bonds is 6. The first kappa shape index (κ1) is 25.6. The van der Waals surface area contributed by atoms with Crippen LogP contribution in [0.25, 0.3) is 10.2 Å². The number of phenols is 1. The fourth-order valence-corrected chi connectivity index (χ4v) is 6.60. The average Bonchev–Trinajstić information content (AvgIpc) is 3.26. The van der Waals surface area contributed by atoms with Crippen molar-refractivity contribution in [2.24, 2.45) is 0 Å². The van der Waals surface area contributed by atoms with E-state index in [2.05, 4.69) is 15.2 Å². The van der Waals surface area contributed by atoms with Crippen LogP contribution in [0.15, 0.2) is 30.3 Å². The summed E-state index contributed by atoms with van der Waals surface area (Å²) in [5, 5.41) is 13.9. The molecule has 1 amide bonds. The summed E-state index contributed by atoms with van der Waals surface area (Å²) in [6.07, 6.45) is 0.0474. The maximum atomic E-state index is 13.4. The summed E-state index contributed by atoms with van der Waals surface area (Å²) in [5.41, 5.74) is -0.354. The molecular formula is C26H28F3N3O4S. The van der Waals surface area contributed by atoms with Gasteiger partial charge in [-0.1, -0.05) is 12.5 Å². The van der Waals surface area contributed by atoms with Gasteiger partial charge in [0.25, 0.3) is 5.91 Å².